The van der Waals surface area contributed by atoms with Crippen molar-refractivity contribution in [3.63, 3.8) is 0 Å². The molecule has 7 heteroatoms. The fourth-order valence-corrected chi connectivity index (χ4v) is 4.47. The molecule has 0 fully saturated rings. The van der Waals surface area contributed by atoms with Gasteiger partial charge in [-0.15, -0.1) is 5.10 Å². The number of amidine groups is 1. The Kier molecular flexibility index (Phi) is 4.67. The fraction of sp³-hybridized carbons (Fsp3) is 0.174. The van der Waals surface area contributed by atoms with Gasteiger partial charge in [0.15, 0.2) is 11.3 Å². The first-order chi connectivity index (χ1) is 14.6. The Bertz CT molecular complexity index is 1280. The van der Waals surface area contributed by atoms with Crippen molar-refractivity contribution in [3.8, 4) is 0 Å². The molecule has 1 aromatic heterocycles. The summed E-state index contributed by atoms with van der Waals surface area (Å²) in [5, 5.41) is 11.7. The second-order valence-electron chi connectivity index (χ2n) is 7.39. The van der Waals surface area contributed by atoms with Gasteiger partial charge in [0.1, 0.15) is 5.70 Å². The highest BCUT2D eigenvalue weighted by Gasteiger charge is 2.35. The third-order valence-corrected chi connectivity index (χ3v) is 6.19. The summed E-state index contributed by atoms with van der Waals surface area (Å²) in [6.07, 6.45) is 1.59. The number of aryl methyl sites for hydroxylation is 2. The van der Waals surface area contributed by atoms with Crippen molar-refractivity contribution in [2.45, 2.75) is 18.8 Å². The molecule has 1 N–H and O–H groups in total. The number of hydrogen-bond donors (Lipinski definition) is 1. The van der Waals surface area contributed by atoms with E-state index in [1.165, 1.54) is 22.9 Å². The van der Waals surface area contributed by atoms with Gasteiger partial charge in [-0.1, -0.05) is 59.8 Å². The highest BCUT2D eigenvalue weighted by molar-refractivity contribution is 8.13. The van der Waals surface area contributed by atoms with Crippen molar-refractivity contribution in [1.82, 2.24) is 14.9 Å². The van der Waals surface area contributed by atoms with Crippen LogP contribution in [-0.2, 0) is 17.6 Å². The summed E-state index contributed by atoms with van der Waals surface area (Å²) in [5.41, 5.74) is 3.92. The molecule has 0 aliphatic carbocycles. The zero-order valence-corrected chi connectivity index (χ0v) is 17.6. The largest absolute Gasteiger partial charge is 0.351 e. The third-order valence-electron chi connectivity index (χ3n) is 5.26. The summed E-state index contributed by atoms with van der Waals surface area (Å²) < 4.78 is 2.01. The Balaban J connectivity index is 1.55. The molecule has 0 unspecified atom stereocenters. The van der Waals surface area contributed by atoms with Crippen molar-refractivity contribution < 1.29 is 4.79 Å². The number of amides is 1. The van der Waals surface area contributed by atoms with E-state index in [4.69, 9.17) is 10.1 Å². The van der Waals surface area contributed by atoms with Crippen LogP contribution in [0.15, 0.2) is 77.0 Å². The number of thioether (sulfide) groups is 1. The topological polar surface area (TPSA) is 62.0 Å². The molecule has 1 atom stereocenters. The maximum atomic E-state index is 13.1. The lowest BCUT2D eigenvalue weighted by Crippen LogP contribution is -2.50. The first-order valence-corrected chi connectivity index (χ1v) is 10.7. The minimum Gasteiger partial charge on any atom is -0.351 e. The second-order valence-corrected chi connectivity index (χ2v) is 8.35. The smallest absolute Gasteiger partial charge is 0.276 e. The number of nitrogens with zero attached hydrogens (tertiary/aromatic N) is 4. The van der Waals surface area contributed by atoms with Crippen LogP contribution in [0.4, 0.5) is 0 Å². The number of hydrogen-bond acceptors (Lipinski definition) is 5. The average molecular weight is 416 g/mol. The molecule has 2 aliphatic rings. The van der Waals surface area contributed by atoms with E-state index in [0.29, 0.717) is 10.9 Å². The number of aromatic nitrogens is 1. The van der Waals surface area contributed by atoms with Gasteiger partial charge in [0.25, 0.3) is 5.91 Å². The lowest BCUT2D eigenvalue weighted by atomic mass is 10.1. The molecule has 6 nitrogen and oxygen atoms in total. The first-order valence-electron chi connectivity index (χ1n) is 9.76. The standard InChI is InChI=1S/C23H21N5OS/c1-15-9-11-16(12-10-15)14-30-23-25-22(29)20-17-6-3-4-7-18(17)24-21(28(20)26-23)19-8-5-13-27(19)2/h3-13,21H,14H2,1-2H3,(H,25,26,29)/t21-/m1/s1. The minimum absolute atomic E-state index is 0.155. The Labute approximate surface area is 178 Å². The summed E-state index contributed by atoms with van der Waals surface area (Å²) in [6, 6.07) is 20.1. The van der Waals surface area contributed by atoms with Crippen LogP contribution in [0.25, 0.3) is 5.70 Å². The number of hydrazone groups is 1. The zero-order chi connectivity index (χ0) is 20.7. The number of para-hydroxylation sites is 1. The van der Waals surface area contributed by atoms with E-state index in [2.05, 4.69) is 36.5 Å². The number of carbonyl (C=O) groups is 1. The van der Waals surface area contributed by atoms with E-state index in [1.807, 2.05) is 54.2 Å². The van der Waals surface area contributed by atoms with Crippen molar-refractivity contribution in [1.29, 1.82) is 0 Å². The SMILES string of the molecule is Cc1ccc(CSC2=NN3C(=c4ccccc4=N[C@H]3c3cccn3C)C(=O)N2)cc1. The maximum absolute atomic E-state index is 13.1. The van der Waals surface area contributed by atoms with Crippen LogP contribution in [0.2, 0.25) is 0 Å². The van der Waals surface area contributed by atoms with Crippen LogP contribution in [0.3, 0.4) is 0 Å². The Morgan fingerprint density at radius 1 is 1.07 bits per heavy atom. The first kappa shape index (κ1) is 18.7. The van der Waals surface area contributed by atoms with E-state index in [0.717, 1.165) is 22.0 Å². The van der Waals surface area contributed by atoms with E-state index in [-0.39, 0.29) is 5.91 Å². The zero-order valence-electron chi connectivity index (χ0n) is 16.7. The number of benzene rings is 2. The molecule has 0 bridgehead atoms. The minimum atomic E-state index is -0.393. The molecule has 150 valence electrons. The van der Waals surface area contributed by atoms with Crippen LogP contribution in [0.5, 0.6) is 0 Å². The molecular formula is C23H21N5OS. The van der Waals surface area contributed by atoms with Gasteiger partial charge in [0.2, 0.25) is 0 Å². The second kappa shape index (κ2) is 7.50. The summed E-state index contributed by atoms with van der Waals surface area (Å²) in [6.45, 7) is 2.07. The van der Waals surface area contributed by atoms with Gasteiger partial charge < -0.3 is 4.57 Å². The molecular weight excluding hydrogens is 394 g/mol. The number of nitrogens with one attached hydrogen (secondary N) is 1. The van der Waals surface area contributed by atoms with Gasteiger partial charge in [-0.2, -0.15) is 0 Å². The molecule has 0 saturated carbocycles. The lowest BCUT2D eigenvalue weighted by Gasteiger charge is -2.34. The fourth-order valence-electron chi connectivity index (χ4n) is 3.66. The number of fused-ring (bicyclic) bond motifs is 2. The van der Waals surface area contributed by atoms with Crippen LogP contribution in [0, 0.1) is 6.92 Å². The molecule has 5 rings (SSSR count). The predicted molar refractivity (Wildman–Crippen MR) is 119 cm³/mol. The van der Waals surface area contributed by atoms with E-state index < -0.39 is 6.17 Å². The van der Waals surface area contributed by atoms with Crippen molar-refractivity contribution in [2.24, 2.45) is 17.1 Å². The maximum Gasteiger partial charge on any atom is 0.276 e. The molecule has 0 spiro atoms. The molecule has 2 aromatic carbocycles. The van der Waals surface area contributed by atoms with Crippen molar-refractivity contribution >= 4 is 28.5 Å². The van der Waals surface area contributed by atoms with Gasteiger partial charge in [-0.25, -0.2) is 5.01 Å². The van der Waals surface area contributed by atoms with Crippen molar-refractivity contribution in [2.75, 3.05) is 0 Å². The average Bonchev–Trinajstić information content (AvgIpc) is 3.18. The normalized spacial score (nSPS) is 17.6. The van der Waals surface area contributed by atoms with Crippen LogP contribution < -0.4 is 15.9 Å². The van der Waals surface area contributed by atoms with Crippen molar-refractivity contribution in [3.05, 3.63) is 94.3 Å². The monoisotopic (exact) mass is 415 g/mol. The van der Waals surface area contributed by atoms with Gasteiger partial charge in [-0.3, -0.25) is 15.1 Å². The van der Waals surface area contributed by atoms with Crippen LogP contribution in [-0.4, -0.2) is 20.7 Å². The van der Waals surface area contributed by atoms with Gasteiger partial charge in [-0.05, 0) is 30.7 Å². The number of rotatable bonds is 3. The van der Waals surface area contributed by atoms with E-state index >= 15 is 0 Å². The number of carbonyl (C=O) groups excluding carboxylic acids is 1. The Morgan fingerprint density at radius 2 is 1.87 bits per heavy atom. The predicted octanol–water partition coefficient (Wildman–Crippen LogP) is 2.41. The van der Waals surface area contributed by atoms with Crippen LogP contribution in [0.1, 0.15) is 23.0 Å². The van der Waals surface area contributed by atoms with E-state index in [1.54, 1.807) is 5.01 Å². The summed E-state index contributed by atoms with van der Waals surface area (Å²) in [5.74, 6) is 0.573. The quantitative estimate of drug-likeness (QED) is 0.715. The highest BCUT2D eigenvalue weighted by atomic mass is 32.2. The van der Waals surface area contributed by atoms with Crippen LogP contribution >= 0.6 is 11.8 Å². The molecule has 0 saturated heterocycles. The van der Waals surface area contributed by atoms with E-state index in [9.17, 15) is 4.79 Å². The third kappa shape index (κ3) is 3.31. The molecule has 2 aliphatic heterocycles. The molecule has 3 heterocycles. The Morgan fingerprint density at radius 3 is 2.63 bits per heavy atom. The molecule has 30 heavy (non-hydrogen) atoms. The summed E-state index contributed by atoms with van der Waals surface area (Å²) in [7, 11) is 1.98. The van der Waals surface area contributed by atoms with Gasteiger partial charge >= 0.3 is 0 Å². The highest BCUT2D eigenvalue weighted by Crippen LogP contribution is 2.31. The summed E-state index contributed by atoms with van der Waals surface area (Å²) in [4.78, 5) is 18.0. The molecule has 3 aromatic rings. The van der Waals surface area contributed by atoms with Gasteiger partial charge in [0, 0.05) is 24.2 Å². The Hall–Kier alpha value is -3.32. The molecule has 1 amide bonds. The lowest BCUT2D eigenvalue weighted by molar-refractivity contribution is -0.116. The molecule has 0 radical (unpaired) electrons. The summed E-state index contributed by atoms with van der Waals surface area (Å²) >= 11 is 1.52. The van der Waals surface area contributed by atoms with Gasteiger partial charge in [0.05, 0.1) is 11.1 Å².